The predicted octanol–water partition coefficient (Wildman–Crippen LogP) is 3.58. The molecule has 0 spiro atoms. The molecule has 15 heavy (non-hydrogen) atoms. The topological polar surface area (TPSA) is 36.7 Å². The minimum absolute atomic E-state index is 0.317. The molecule has 0 saturated carbocycles. The average molecular weight is 283 g/mol. The SMILES string of the molecule is N#Cc1csc(-c2ccc(Br)cc2F)n1. The summed E-state index contributed by atoms with van der Waals surface area (Å²) in [6.45, 7) is 0. The van der Waals surface area contributed by atoms with Crippen LogP contribution in [0.2, 0.25) is 0 Å². The number of aromatic nitrogens is 1. The summed E-state index contributed by atoms with van der Waals surface area (Å²) in [5, 5.41) is 10.7. The largest absolute Gasteiger partial charge is 0.225 e. The van der Waals surface area contributed by atoms with Gasteiger partial charge in [-0.1, -0.05) is 15.9 Å². The van der Waals surface area contributed by atoms with Gasteiger partial charge in [-0.15, -0.1) is 11.3 Å². The first-order valence-electron chi connectivity index (χ1n) is 4.02. The number of benzene rings is 1. The summed E-state index contributed by atoms with van der Waals surface area (Å²) >= 11 is 4.44. The van der Waals surface area contributed by atoms with Gasteiger partial charge in [0, 0.05) is 15.4 Å². The summed E-state index contributed by atoms with van der Waals surface area (Å²) in [5.74, 6) is -0.344. The second-order valence-electron chi connectivity index (χ2n) is 2.77. The van der Waals surface area contributed by atoms with E-state index in [1.54, 1.807) is 17.5 Å². The number of halogens is 2. The van der Waals surface area contributed by atoms with Crippen molar-refractivity contribution in [3.8, 4) is 16.6 Å². The van der Waals surface area contributed by atoms with Gasteiger partial charge in [-0.2, -0.15) is 5.26 Å². The first-order valence-corrected chi connectivity index (χ1v) is 5.69. The lowest BCUT2D eigenvalue weighted by molar-refractivity contribution is 0.630. The Morgan fingerprint density at radius 1 is 1.47 bits per heavy atom. The van der Waals surface area contributed by atoms with E-state index in [4.69, 9.17) is 5.26 Å². The molecule has 2 aromatic rings. The van der Waals surface area contributed by atoms with Gasteiger partial charge < -0.3 is 0 Å². The van der Waals surface area contributed by atoms with Crippen molar-refractivity contribution in [2.24, 2.45) is 0 Å². The first kappa shape index (κ1) is 10.3. The van der Waals surface area contributed by atoms with Gasteiger partial charge in [0.1, 0.15) is 16.9 Å². The minimum atomic E-state index is -0.344. The maximum absolute atomic E-state index is 13.5. The van der Waals surface area contributed by atoms with Crippen molar-refractivity contribution in [1.29, 1.82) is 5.26 Å². The van der Waals surface area contributed by atoms with Gasteiger partial charge in [-0.25, -0.2) is 9.37 Å². The summed E-state index contributed by atoms with van der Waals surface area (Å²) in [4.78, 5) is 3.99. The van der Waals surface area contributed by atoms with Crippen molar-refractivity contribution in [3.63, 3.8) is 0 Å². The van der Waals surface area contributed by atoms with Gasteiger partial charge in [0.05, 0.1) is 0 Å². The van der Waals surface area contributed by atoms with Crippen LogP contribution in [0.5, 0.6) is 0 Å². The molecule has 0 radical (unpaired) electrons. The Bertz CT molecular complexity index is 545. The lowest BCUT2D eigenvalue weighted by atomic mass is 10.2. The first-order chi connectivity index (χ1) is 7.20. The Labute approximate surface area is 98.1 Å². The van der Waals surface area contributed by atoms with Crippen molar-refractivity contribution in [2.45, 2.75) is 0 Å². The molecule has 0 fully saturated rings. The Kier molecular flexibility index (Phi) is 2.80. The van der Waals surface area contributed by atoms with Crippen molar-refractivity contribution in [1.82, 2.24) is 4.98 Å². The molecular weight excluding hydrogens is 279 g/mol. The molecule has 0 atom stereocenters. The Morgan fingerprint density at radius 3 is 2.87 bits per heavy atom. The fourth-order valence-corrected chi connectivity index (χ4v) is 2.22. The fraction of sp³-hybridized carbons (Fsp3) is 0. The second kappa shape index (κ2) is 4.09. The quantitative estimate of drug-likeness (QED) is 0.802. The molecule has 0 N–H and O–H groups in total. The number of nitrogens with zero attached hydrogens (tertiary/aromatic N) is 2. The van der Waals surface area contributed by atoms with Gasteiger partial charge in [-0.3, -0.25) is 0 Å². The van der Waals surface area contributed by atoms with E-state index >= 15 is 0 Å². The van der Waals surface area contributed by atoms with Crippen molar-refractivity contribution in [3.05, 3.63) is 39.6 Å². The summed E-state index contributed by atoms with van der Waals surface area (Å²) in [6, 6.07) is 6.67. The van der Waals surface area contributed by atoms with E-state index in [1.807, 2.05) is 6.07 Å². The molecular formula is C10H4BrFN2S. The molecule has 74 valence electrons. The van der Waals surface area contributed by atoms with E-state index in [9.17, 15) is 4.39 Å². The van der Waals surface area contributed by atoms with Crippen LogP contribution in [-0.4, -0.2) is 4.98 Å². The molecule has 0 bridgehead atoms. The number of hydrogen-bond acceptors (Lipinski definition) is 3. The standard InChI is InChI=1S/C10H4BrFN2S/c11-6-1-2-8(9(12)3-6)10-14-7(4-13)5-15-10/h1-3,5H. The van der Waals surface area contributed by atoms with Crippen LogP contribution in [0.15, 0.2) is 28.1 Å². The summed E-state index contributed by atoms with van der Waals surface area (Å²) in [5.41, 5.74) is 0.738. The predicted molar refractivity (Wildman–Crippen MR) is 59.9 cm³/mol. The average Bonchev–Trinajstić information content (AvgIpc) is 2.66. The Morgan fingerprint density at radius 2 is 2.27 bits per heavy atom. The van der Waals surface area contributed by atoms with E-state index in [2.05, 4.69) is 20.9 Å². The molecule has 0 aliphatic carbocycles. The fourth-order valence-electron chi connectivity index (χ4n) is 1.11. The zero-order chi connectivity index (χ0) is 10.8. The molecule has 0 saturated heterocycles. The smallest absolute Gasteiger partial charge is 0.152 e. The van der Waals surface area contributed by atoms with Crippen LogP contribution in [-0.2, 0) is 0 Å². The van der Waals surface area contributed by atoms with Gasteiger partial charge in [0.25, 0.3) is 0 Å². The lowest BCUT2D eigenvalue weighted by Gasteiger charge is -1.98. The number of thiazole rings is 1. The molecule has 0 unspecified atom stereocenters. The molecule has 1 aromatic heterocycles. The van der Waals surface area contributed by atoms with Crippen LogP contribution in [0.25, 0.3) is 10.6 Å². The molecule has 0 amide bonds. The summed E-state index contributed by atoms with van der Waals surface area (Å²) in [7, 11) is 0. The van der Waals surface area contributed by atoms with E-state index in [-0.39, 0.29) is 5.82 Å². The van der Waals surface area contributed by atoms with Gasteiger partial charge in [0.2, 0.25) is 0 Å². The van der Waals surface area contributed by atoms with E-state index in [0.29, 0.717) is 20.7 Å². The molecule has 0 aliphatic heterocycles. The maximum Gasteiger partial charge on any atom is 0.152 e. The summed E-state index contributed by atoms with van der Waals surface area (Å²) in [6.07, 6.45) is 0. The van der Waals surface area contributed by atoms with Crippen LogP contribution < -0.4 is 0 Å². The highest BCUT2D eigenvalue weighted by molar-refractivity contribution is 9.10. The van der Waals surface area contributed by atoms with Gasteiger partial charge in [0.15, 0.2) is 5.69 Å². The highest BCUT2D eigenvalue weighted by atomic mass is 79.9. The Hall–Kier alpha value is -1.25. The number of rotatable bonds is 1. The lowest BCUT2D eigenvalue weighted by Crippen LogP contribution is -1.83. The van der Waals surface area contributed by atoms with E-state index in [0.717, 1.165) is 0 Å². The van der Waals surface area contributed by atoms with Crippen molar-refractivity contribution in [2.75, 3.05) is 0 Å². The van der Waals surface area contributed by atoms with Crippen LogP contribution >= 0.6 is 27.3 Å². The van der Waals surface area contributed by atoms with Crippen LogP contribution in [0.1, 0.15) is 5.69 Å². The molecule has 2 rings (SSSR count). The molecule has 1 heterocycles. The third-order valence-electron chi connectivity index (χ3n) is 1.78. The molecule has 0 aliphatic rings. The zero-order valence-corrected chi connectivity index (χ0v) is 9.77. The van der Waals surface area contributed by atoms with Crippen LogP contribution in [0.3, 0.4) is 0 Å². The van der Waals surface area contributed by atoms with Crippen LogP contribution in [0.4, 0.5) is 4.39 Å². The second-order valence-corrected chi connectivity index (χ2v) is 4.55. The summed E-state index contributed by atoms with van der Waals surface area (Å²) < 4.78 is 14.2. The zero-order valence-electron chi connectivity index (χ0n) is 7.37. The van der Waals surface area contributed by atoms with E-state index in [1.165, 1.54) is 17.4 Å². The third kappa shape index (κ3) is 2.06. The molecule has 1 aromatic carbocycles. The van der Waals surface area contributed by atoms with Crippen LogP contribution in [0, 0.1) is 17.1 Å². The van der Waals surface area contributed by atoms with Gasteiger partial charge >= 0.3 is 0 Å². The third-order valence-corrected chi connectivity index (χ3v) is 3.15. The van der Waals surface area contributed by atoms with Gasteiger partial charge in [-0.05, 0) is 18.2 Å². The normalized spacial score (nSPS) is 9.93. The van der Waals surface area contributed by atoms with E-state index < -0.39 is 0 Å². The van der Waals surface area contributed by atoms with Crippen molar-refractivity contribution >= 4 is 27.3 Å². The van der Waals surface area contributed by atoms with Crippen molar-refractivity contribution < 1.29 is 4.39 Å². The molecule has 5 heteroatoms. The minimum Gasteiger partial charge on any atom is -0.225 e. The highest BCUT2D eigenvalue weighted by Gasteiger charge is 2.09. The Balaban J connectivity index is 2.50. The number of nitriles is 1. The molecule has 2 nitrogen and oxygen atoms in total. The maximum atomic E-state index is 13.5. The monoisotopic (exact) mass is 282 g/mol. The number of hydrogen-bond donors (Lipinski definition) is 0. The highest BCUT2D eigenvalue weighted by Crippen LogP contribution is 2.27.